The van der Waals surface area contributed by atoms with Gasteiger partial charge < -0.3 is 30.0 Å². The van der Waals surface area contributed by atoms with Gasteiger partial charge in [0.1, 0.15) is 28.9 Å². The van der Waals surface area contributed by atoms with Crippen LogP contribution in [0.1, 0.15) is 60.5 Å². The van der Waals surface area contributed by atoms with Gasteiger partial charge in [0.15, 0.2) is 0 Å². The Morgan fingerprint density at radius 1 is 0.951 bits per heavy atom. The molecule has 12 heteroatoms. The summed E-state index contributed by atoms with van der Waals surface area (Å²) in [5.41, 5.74) is 1.67. The van der Waals surface area contributed by atoms with Crippen molar-refractivity contribution in [3.05, 3.63) is 42.1 Å². The van der Waals surface area contributed by atoms with Gasteiger partial charge in [-0.15, -0.1) is 0 Å². The van der Waals surface area contributed by atoms with Crippen LogP contribution in [0.15, 0.2) is 36.5 Å². The summed E-state index contributed by atoms with van der Waals surface area (Å²) in [4.78, 5) is 45.7. The van der Waals surface area contributed by atoms with E-state index in [0.717, 1.165) is 16.7 Å². The molecule has 2 unspecified atom stereocenters. The van der Waals surface area contributed by atoms with Crippen molar-refractivity contribution in [1.82, 2.24) is 15.8 Å². The summed E-state index contributed by atoms with van der Waals surface area (Å²) in [6.45, 7) is 12.7. The molecule has 0 saturated heterocycles. The molecule has 1 aliphatic rings. The number of nitrogens with zero attached hydrogens (tertiary/aromatic N) is 1. The number of benzene rings is 1. The number of aliphatic carboxylic acids is 1. The van der Waals surface area contributed by atoms with Crippen LogP contribution in [0.5, 0.6) is 5.75 Å². The largest absolute Gasteiger partial charge is 0.486 e. The summed E-state index contributed by atoms with van der Waals surface area (Å²) in [6.07, 6.45) is 0.430. The number of hydrogen-bond donors (Lipinski definition) is 4. The fraction of sp³-hybridized carbons (Fsp3) is 0.517. The van der Waals surface area contributed by atoms with Crippen LogP contribution in [0.2, 0.25) is 0 Å². The maximum absolute atomic E-state index is 12.1. The van der Waals surface area contributed by atoms with E-state index in [0.29, 0.717) is 37.5 Å². The molecule has 2 atom stereocenters. The van der Waals surface area contributed by atoms with E-state index in [4.69, 9.17) is 19.0 Å². The fourth-order valence-corrected chi connectivity index (χ4v) is 3.99. The first-order chi connectivity index (χ1) is 19.1. The van der Waals surface area contributed by atoms with Gasteiger partial charge in [0.25, 0.3) is 0 Å². The number of fused-ring (bicyclic) bond motifs is 1. The molecule has 0 spiro atoms. The Morgan fingerprint density at radius 3 is 2.22 bits per heavy atom. The van der Waals surface area contributed by atoms with Gasteiger partial charge in [-0.25, -0.2) is 24.2 Å². The van der Waals surface area contributed by atoms with E-state index in [1.54, 1.807) is 33.0 Å². The topological polar surface area (TPSA) is 157 Å². The van der Waals surface area contributed by atoms with E-state index < -0.39 is 41.1 Å². The average molecular weight is 573 g/mol. The number of ether oxygens (including phenoxy) is 3. The minimum absolute atomic E-state index is 0.355. The summed E-state index contributed by atoms with van der Waals surface area (Å²) in [5, 5.41) is 15.7. The highest BCUT2D eigenvalue weighted by molar-refractivity contribution is 5.78. The minimum Gasteiger partial charge on any atom is -0.486 e. The Labute approximate surface area is 240 Å². The van der Waals surface area contributed by atoms with Crippen molar-refractivity contribution in [3.8, 4) is 16.9 Å². The Kier molecular flexibility index (Phi) is 9.69. The van der Waals surface area contributed by atoms with Crippen LogP contribution in [0, 0.1) is 0 Å². The quantitative estimate of drug-likeness (QED) is 0.246. The van der Waals surface area contributed by atoms with Crippen molar-refractivity contribution in [2.24, 2.45) is 0 Å². The van der Waals surface area contributed by atoms with E-state index in [1.165, 1.54) is 6.92 Å². The molecule has 3 rings (SSSR count). The lowest BCUT2D eigenvalue weighted by Crippen LogP contribution is -2.56. The standard InChI is InChI=1S/C29H40N4O8/c1-27(2,3)39-25(36)31-15-14-30-23-13-10-20(17-32-23)18-8-11-21-19(16-18)9-12-22(38-21)29(7,24(34)35)41-33-26(37)40-28(4,5)6/h8,10-11,13,16-17,22H,9,12,14-15H2,1-7H3,(H,30,32)(H,31,36)(H,33,37)(H,34,35). The van der Waals surface area contributed by atoms with Gasteiger partial charge in [-0.1, -0.05) is 6.07 Å². The summed E-state index contributed by atoms with van der Waals surface area (Å²) in [6, 6.07) is 9.42. The Bertz CT molecular complexity index is 1240. The highest BCUT2D eigenvalue weighted by atomic mass is 16.7. The number of carboxylic acid groups (broad SMARTS) is 1. The lowest BCUT2D eigenvalue weighted by atomic mass is 9.90. The zero-order chi connectivity index (χ0) is 30.4. The lowest BCUT2D eigenvalue weighted by Gasteiger charge is -2.36. The van der Waals surface area contributed by atoms with E-state index in [1.807, 2.05) is 45.0 Å². The number of nitrogens with one attached hydrogen (secondary N) is 3. The number of aryl methyl sites for hydroxylation is 1. The minimum atomic E-state index is -1.84. The van der Waals surface area contributed by atoms with Gasteiger partial charge in [-0.3, -0.25) is 0 Å². The number of anilines is 1. The van der Waals surface area contributed by atoms with Crippen LogP contribution in [-0.4, -0.2) is 64.2 Å². The Morgan fingerprint density at radius 2 is 1.61 bits per heavy atom. The van der Waals surface area contributed by atoms with E-state index in [9.17, 15) is 19.5 Å². The molecule has 0 fully saturated rings. The van der Waals surface area contributed by atoms with E-state index in [2.05, 4.69) is 21.1 Å². The molecule has 2 aromatic rings. The molecule has 1 aliphatic heterocycles. The van der Waals surface area contributed by atoms with Crippen LogP contribution < -0.4 is 20.9 Å². The number of carboxylic acids is 1. The molecule has 41 heavy (non-hydrogen) atoms. The third-order valence-electron chi connectivity index (χ3n) is 5.99. The third-order valence-corrected chi connectivity index (χ3v) is 5.99. The highest BCUT2D eigenvalue weighted by Crippen LogP contribution is 2.36. The van der Waals surface area contributed by atoms with Gasteiger partial charge >= 0.3 is 18.2 Å². The second kappa shape index (κ2) is 12.6. The number of carbonyl (C=O) groups excluding carboxylic acids is 2. The SMILES string of the molecule is CC(C)(C)OC(=O)NCCNc1ccc(-c2ccc3c(c2)CCC(C(C)(ONC(=O)OC(C)(C)C)C(=O)O)O3)cn1. The normalized spacial score (nSPS) is 16.3. The van der Waals surface area contributed by atoms with Crippen molar-refractivity contribution in [1.29, 1.82) is 0 Å². The summed E-state index contributed by atoms with van der Waals surface area (Å²) in [5.74, 6) is -0.0714. The molecule has 0 aliphatic carbocycles. The van der Waals surface area contributed by atoms with Crippen molar-refractivity contribution in [2.45, 2.75) is 84.2 Å². The fourth-order valence-electron chi connectivity index (χ4n) is 3.99. The maximum Gasteiger partial charge on any atom is 0.431 e. The molecule has 0 saturated carbocycles. The Balaban J connectivity index is 1.58. The summed E-state index contributed by atoms with van der Waals surface area (Å²) >= 11 is 0. The second-order valence-electron chi connectivity index (χ2n) is 11.9. The smallest absolute Gasteiger partial charge is 0.431 e. The number of hydroxylamine groups is 1. The third kappa shape index (κ3) is 9.24. The number of amides is 2. The van der Waals surface area contributed by atoms with Gasteiger partial charge in [0.05, 0.1) is 0 Å². The van der Waals surface area contributed by atoms with Crippen molar-refractivity contribution < 1.29 is 38.5 Å². The predicted octanol–water partition coefficient (Wildman–Crippen LogP) is 4.68. The number of alkyl carbamates (subject to hydrolysis) is 1. The maximum atomic E-state index is 12.1. The van der Waals surface area contributed by atoms with Gasteiger partial charge in [-0.05, 0) is 96.7 Å². The van der Waals surface area contributed by atoms with Gasteiger partial charge in [0, 0.05) is 24.8 Å². The van der Waals surface area contributed by atoms with Crippen LogP contribution in [0.4, 0.5) is 15.4 Å². The van der Waals surface area contributed by atoms with Crippen molar-refractivity contribution >= 4 is 24.0 Å². The highest BCUT2D eigenvalue weighted by Gasteiger charge is 2.47. The molecule has 4 N–H and O–H groups in total. The zero-order valence-electron chi connectivity index (χ0n) is 24.6. The van der Waals surface area contributed by atoms with Crippen LogP contribution >= 0.6 is 0 Å². The van der Waals surface area contributed by atoms with Gasteiger partial charge in [0.2, 0.25) is 5.60 Å². The molecule has 1 aromatic heterocycles. The van der Waals surface area contributed by atoms with E-state index in [-0.39, 0.29) is 0 Å². The average Bonchev–Trinajstić information content (AvgIpc) is 2.87. The predicted molar refractivity (Wildman–Crippen MR) is 152 cm³/mol. The number of rotatable bonds is 9. The van der Waals surface area contributed by atoms with Crippen LogP contribution in [-0.2, 0) is 25.5 Å². The molecule has 224 valence electrons. The van der Waals surface area contributed by atoms with Crippen molar-refractivity contribution in [3.63, 3.8) is 0 Å². The zero-order valence-corrected chi connectivity index (χ0v) is 24.6. The molecule has 12 nitrogen and oxygen atoms in total. The molecular formula is C29H40N4O8. The van der Waals surface area contributed by atoms with Crippen molar-refractivity contribution in [2.75, 3.05) is 18.4 Å². The van der Waals surface area contributed by atoms with E-state index >= 15 is 0 Å². The molecule has 1 aromatic carbocycles. The first kappa shape index (κ1) is 31.5. The lowest BCUT2D eigenvalue weighted by molar-refractivity contribution is -0.190. The molecule has 2 heterocycles. The molecule has 2 amide bonds. The summed E-state index contributed by atoms with van der Waals surface area (Å²) < 4.78 is 16.4. The molecule has 0 bridgehead atoms. The molecular weight excluding hydrogens is 532 g/mol. The van der Waals surface area contributed by atoms with Crippen LogP contribution in [0.25, 0.3) is 11.1 Å². The monoisotopic (exact) mass is 572 g/mol. The number of pyridine rings is 1. The number of hydrogen-bond acceptors (Lipinski definition) is 9. The first-order valence-corrected chi connectivity index (χ1v) is 13.4. The summed E-state index contributed by atoms with van der Waals surface area (Å²) in [7, 11) is 0. The second-order valence-corrected chi connectivity index (χ2v) is 11.9. The van der Waals surface area contributed by atoms with Gasteiger partial charge in [-0.2, -0.15) is 5.48 Å². The first-order valence-electron chi connectivity index (χ1n) is 13.4. The number of aromatic nitrogens is 1. The Hall–Kier alpha value is -4.06. The van der Waals surface area contributed by atoms with Crippen LogP contribution in [0.3, 0.4) is 0 Å². The molecule has 0 radical (unpaired) electrons. The number of carbonyl (C=O) groups is 3.